The highest BCUT2D eigenvalue weighted by molar-refractivity contribution is 7.19. The summed E-state index contributed by atoms with van der Waals surface area (Å²) in [5.74, 6) is 1.19. The van der Waals surface area contributed by atoms with Gasteiger partial charge in [0.05, 0.1) is 15.9 Å². The Kier molecular flexibility index (Phi) is 3.26. The molecule has 2 N–H and O–H groups in total. The fourth-order valence-corrected chi connectivity index (χ4v) is 2.28. The Labute approximate surface area is 103 Å². The van der Waals surface area contributed by atoms with Crippen molar-refractivity contribution in [3.05, 3.63) is 34.6 Å². The van der Waals surface area contributed by atoms with Crippen LogP contribution >= 0.6 is 22.9 Å². The summed E-state index contributed by atoms with van der Waals surface area (Å²) in [6, 6.07) is 5.52. The number of nitrogens with two attached hydrogens (primary N) is 1. The summed E-state index contributed by atoms with van der Waals surface area (Å²) in [5.41, 5.74) is 5.59. The molecular weight excluding hydrogens is 244 g/mol. The summed E-state index contributed by atoms with van der Waals surface area (Å²) in [5, 5.41) is 1.08. The molecule has 6 heteroatoms. The van der Waals surface area contributed by atoms with E-state index in [4.69, 9.17) is 17.3 Å². The van der Waals surface area contributed by atoms with E-state index in [2.05, 4.69) is 9.97 Å². The van der Waals surface area contributed by atoms with Crippen molar-refractivity contribution in [2.24, 2.45) is 0 Å². The SMILES string of the molecule is CN(Cc1nccc(N)n1)c1ccc(Cl)s1. The highest BCUT2D eigenvalue weighted by atomic mass is 35.5. The third-order valence-electron chi connectivity index (χ3n) is 2.04. The molecule has 0 fully saturated rings. The third-order valence-corrected chi connectivity index (χ3v) is 3.39. The van der Waals surface area contributed by atoms with Crippen LogP contribution in [0.15, 0.2) is 24.4 Å². The summed E-state index contributed by atoms with van der Waals surface area (Å²) < 4.78 is 0.773. The minimum Gasteiger partial charge on any atom is -0.384 e. The molecule has 0 saturated heterocycles. The molecular formula is C10H11ClN4S. The second kappa shape index (κ2) is 4.67. The second-order valence-corrected chi connectivity index (χ2v) is 5.03. The molecule has 4 nitrogen and oxygen atoms in total. The number of halogens is 1. The van der Waals surface area contributed by atoms with Gasteiger partial charge in [0.25, 0.3) is 0 Å². The minimum absolute atomic E-state index is 0.489. The van der Waals surface area contributed by atoms with Gasteiger partial charge in [-0.05, 0) is 18.2 Å². The maximum atomic E-state index is 5.87. The monoisotopic (exact) mass is 254 g/mol. The maximum Gasteiger partial charge on any atom is 0.149 e. The lowest BCUT2D eigenvalue weighted by Crippen LogP contribution is -2.17. The lowest BCUT2D eigenvalue weighted by molar-refractivity contribution is 0.847. The smallest absolute Gasteiger partial charge is 0.149 e. The zero-order chi connectivity index (χ0) is 11.5. The van der Waals surface area contributed by atoms with Crippen molar-refractivity contribution < 1.29 is 0 Å². The molecule has 0 radical (unpaired) electrons. The number of thiophene rings is 1. The van der Waals surface area contributed by atoms with Gasteiger partial charge in [0.1, 0.15) is 11.6 Å². The predicted molar refractivity (Wildman–Crippen MR) is 67.9 cm³/mol. The largest absolute Gasteiger partial charge is 0.384 e. The molecule has 0 aliphatic rings. The average molecular weight is 255 g/mol. The number of anilines is 2. The van der Waals surface area contributed by atoms with Crippen LogP contribution in [-0.2, 0) is 6.54 Å². The zero-order valence-electron chi connectivity index (χ0n) is 8.72. The highest BCUT2D eigenvalue weighted by Crippen LogP contribution is 2.29. The normalized spacial score (nSPS) is 10.4. The summed E-state index contributed by atoms with van der Waals surface area (Å²) in [4.78, 5) is 10.3. The van der Waals surface area contributed by atoms with Crippen molar-refractivity contribution in [1.82, 2.24) is 9.97 Å². The molecule has 0 aromatic carbocycles. The van der Waals surface area contributed by atoms with E-state index in [0.717, 1.165) is 9.34 Å². The molecule has 2 aromatic rings. The highest BCUT2D eigenvalue weighted by Gasteiger charge is 2.06. The van der Waals surface area contributed by atoms with Gasteiger partial charge in [-0.1, -0.05) is 11.6 Å². The fourth-order valence-electron chi connectivity index (χ4n) is 1.29. The average Bonchev–Trinajstić information content (AvgIpc) is 2.65. The van der Waals surface area contributed by atoms with Crippen molar-refractivity contribution in [3.8, 4) is 0 Å². The number of rotatable bonds is 3. The van der Waals surface area contributed by atoms with Crippen molar-refractivity contribution in [2.75, 3.05) is 17.7 Å². The van der Waals surface area contributed by atoms with Gasteiger partial charge in [0, 0.05) is 13.2 Å². The van der Waals surface area contributed by atoms with Gasteiger partial charge < -0.3 is 10.6 Å². The van der Waals surface area contributed by atoms with Crippen molar-refractivity contribution in [1.29, 1.82) is 0 Å². The van der Waals surface area contributed by atoms with Crippen LogP contribution in [0.1, 0.15) is 5.82 Å². The van der Waals surface area contributed by atoms with Gasteiger partial charge in [-0.2, -0.15) is 0 Å². The van der Waals surface area contributed by atoms with Crippen LogP contribution in [0.4, 0.5) is 10.8 Å². The van der Waals surface area contributed by atoms with E-state index in [1.54, 1.807) is 12.3 Å². The van der Waals surface area contributed by atoms with Crippen molar-refractivity contribution >= 4 is 33.8 Å². The number of hydrogen-bond acceptors (Lipinski definition) is 5. The molecule has 0 atom stereocenters. The van der Waals surface area contributed by atoms with Gasteiger partial charge in [-0.15, -0.1) is 11.3 Å². The van der Waals surface area contributed by atoms with Crippen LogP contribution in [0.5, 0.6) is 0 Å². The molecule has 0 saturated carbocycles. The van der Waals surface area contributed by atoms with Gasteiger partial charge in [0.15, 0.2) is 0 Å². The predicted octanol–water partition coefficient (Wildman–Crippen LogP) is 2.41. The van der Waals surface area contributed by atoms with Crippen LogP contribution in [0, 0.1) is 0 Å². The first-order valence-corrected chi connectivity index (χ1v) is 5.88. The molecule has 0 bridgehead atoms. The van der Waals surface area contributed by atoms with Crippen LogP contribution in [0.25, 0.3) is 0 Å². The molecule has 0 aliphatic heterocycles. The number of nitrogens with zero attached hydrogens (tertiary/aromatic N) is 3. The van der Waals surface area contributed by atoms with Crippen molar-refractivity contribution in [2.45, 2.75) is 6.54 Å². The fraction of sp³-hybridized carbons (Fsp3) is 0.200. The van der Waals surface area contributed by atoms with E-state index in [0.29, 0.717) is 18.2 Å². The van der Waals surface area contributed by atoms with E-state index < -0.39 is 0 Å². The number of aromatic nitrogens is 2. The van der Waals surface area contributed by atoms with Crippen LogP contribution in [0.3, 0.4) is 0 Å². The lowest BCUT2D eigenvalue weighted by Gasteiger charge is -2.15. The third kappa shape index (κ3) is 2.62. The standard InChI is InChI=1S/C10H11ClN4S/c1-15(10-3-2-7(11)16-10)6-9-13-5-4-8(12)14-9/h2-5H,6H2,1H3,(H2,12,13,14). The molecule has 2 rings (SSSR count). The van der Waals surface area contributed by atoms with E-state index in [9.17, 15) is 0 Å². The molecule has 84 valence electrons. The zero-order valence-corrected chi connectivity index (χ0v) is 10.3. The summed E-state index contributed by atoms with van der Waals surface area (Å²) in [7, 11) is 1.97. The van der Waals surface area contributed by atoms with E-state index in [1.807, 2.05) is 24.1 Å². The van der Waals surface area contributed by atoms with Crippen molar-refractivity contribution in [3.63, 3.8) is 0 Å². The summed E-state index contributed by atoms with van der Waals surface area (Å²) in [6.07, 6.45) is 1.66. The number of hydrogen-bond donors (Lipinski definition) is 1. The number of nitrogen functional groups attached to an aromatic ring is 1. The second-order valence-electron chi connectivity index (χ2n) is 3.33. The van der Waals surface area contributed by atoms with Crippen LogP contribution < -0.4 is 10.6 Å². The topological polar surface area (TPSA) is 55.0 Å². The quantitative estimate of drug-likeness (QED) is 0.914. The summed E-state index contributed by atoms with van der Waals surface area (Å²) in [6.45, 7) is 0.613. The van der Waals surface area contributed by atoms with Gasteiger partial charge in [-0.25, -0.2) is 9.97 Å². The Morgan fingerprint density at radius 1 is 1.44 bits per heavy atom. The Morgan fingerprint density at radius 3 is 2.88 bits per heavy atom. The Morgan fingerprint density at radius 2 is 2.25 bits per heavy atom. The van der Waals surface area contributed by atoms with E-state index in [1.165, 1.54) is 11.3 Å². The van der Waals surface area contributed by atoms with E-state index in [-0.39, 0.29) is 0 Å². The minimum atomic E-state index is 0.489. The lowest BCUT2D eigenvalue weighted by atomic mass is 10.4. The van der Waals surface area contributed by atoms with Gasteiger partial charge >= 0.3 is 0 Å². The summed E-state index contributed by atoms with van der Waals surface area (Å²) >= 11 is 7.40. The molecule has 2 heterocycles. The Bertz CT molecular complexity index is 485. The van der Waals surface area contributed by atoms with E-state index >= 15 is 0 Å². The molecule has 0 unspecified atom stereocenters. The first-order chi connectivity index (χ1) is 7.65. The maximum absolute atomic E-state index is 5.87. The first-order valence-electron chi connectivity index (χ1n) is 4.69. The van der Waals surface area contributed by atoms with Crippen LogP contribution in [-0.4, -0.2) is 17.0 Å². The van der Waals surface area contributed by atoms with Gasteiger partial charge in [0.2, 0.25) is 0 Å². The van der Waals surface area contributed by atoms with Gasteiger partial charge in [-0.3, -0.25) is 0 Å². The van der Waals surface area contributed by atoms with Crippen LogP contribution in [0.2, 0.25) is 4.34 Å². The first kappa shape index (κ1) is 11.2. The Hall–Kier alpha value is -1.33. The molecule has 0 amide bonds. The molecule has 0 aliphatic carbocycles. The Balaban J connectivity index is 2.10. The molecule has 0 spiro atoms. The molecule has 2 aromatic heterocycles. The molecule has 16 heavy (non-hydrogen) atoms.